The van der Waals surface area contributed by atoms with E-state index in [1.54, 1.807) is 12.1 Å². The van der Waals surface area contributed by atoms with Crippen LogP contribution in [-0.2, 0) is 4.79 Å². The summed E-state index contributed by atoms with van der Waals surface area (Å²) in [5.74, 6) is -2.42. The van der Waals surface area contributed by atoms with Crippen LogP contribution in [0.4, 0.5) is 8.78 Å². The lowest BCUT2D eigenvalue weighted by Gasteiger charge is -2.21. The fourth-order valence-corrected chi connectivity index (χ4v) is 4.78. The molecule has 4 aromatic rings. The van der Waals surface area contributed by atoms with Gasteiger partial charge < -0.3 is 19.5 Å². The molecule has 0 aliphatic rings. The fraction of sp³-hybridized carbons (Fsp3) is 0.360. The quantitative estimate of drug-likeness (QED) is 0.310. The van der Waals surface area contributed by atoms with E-state index in [9.17, 15) is 19.4 Å². The summed E-state index contributed by atoms with van der Waals surface area (Å²) in [7, 11) is 1.38. The summed E-state index contributed by atoms with van der Waals surface area (Å²) in [4.78, 5) is 11.4. The molecule has 0 radical (unpaired) electrons. The molecule has 3 N–H and O–H groups in total. The number of nitrogens with zero attached hydrogens (tertiary/aromatic N) is 2. The molecule has 2 aromatic heterocycles. The largest absolute Gasteiger partial charge is 0.494 e. The number of hydrogen-bond acceptors (Lipinski definition) is 4. The number of halogens is 2. The van der Waals surface area contributed by atoms with Crippen LogP contribution in [0.5, 0.6) is 5.75 Å². The van der Waals surface area contributed by atoms with E-state index in [0.717, 1.165) is 5.69 Å². The molecule has 180 valence electrons. The van der Waals surface area contributed by atoms with Gasteiger partial charge in [-0.05, 0) is 48.4 Å². The van der Waals surface area contributed by atoms with Crippen LogP contribution in [0.3, 0.4) is 0 Å². The molecule has 2 heterocycles. The van der Waals surface area contributed by atoms with Gasteiger partial charge in [0.1, 0.15) is 5.52 Å². The summed E-state index contributed by atoms with van der Waals surface area (Å²) >= 11 is 0. The number of rotatable bonds is 9. The van der Waals surface area contributed by atoms with Gasteiger partial charge in [-0.15, -0.1) is 0 Å². The number of aromatic nitrogens is 3. The molecule has 2 aromatic carbocycles. The summed E-state index contributed by atoms with van der Waals surface area (Å²) in [6, 6.07) is 6.27. The number of fused-ring (bicyclic) bond motifs is 2. The number of aliphatic hydroxyl groups is 1. The van der Waals surface area contributed by atoms with Crippen LogP contribution in [0, 0.1) is 11.6 Å². The first-order valence-electron chi connectivity index (χ1n) is 11.1. The van der Waals surface area contributed by atoms with Gasteiger partial charge in [0.05, 0.1) is 18.8 Å². The maximum Gasteiger partial charge on any atom is 0.303 e. The van der Waals surface area contributed by atoms with Gasteiger partial charge in [-0.3, -0.25) is 9.89 Å². The Balaban J connectivity index is 2.13. The van der Waals surface area contributed by atoms with Crippen molar-refractivity contribution < 1.29 is 28.5 Å². The highest BCUT2D eigenvalue weighted by Crippen LogP contribution is 2.44. The van der Waals surface area contributed by atoms with Gasteiger partial charge in [-0.25, -0.2) is 8.78 Å². The second-order valence-electron chi connectivity index (χ2n) is 8.67. The predicted molar refractivity (Wildman–Crippen MR) is 125 cm³/mol. The Bertz CT molecular complexity index is 1360. The number of nitrogens with one attached hydrogen (secondary N) is 1. The van der Waals surface area contributed by atoms with Crippen molar-refractivity contribution in [2.24, 2.45) is 0 Å². The first kappa shape index (κ1) is 23.7. The van der Waals surface area contributed by atoms with Crippen molar-refractivity contribution in [2.75, 3.05) is 13.7 Å². The van der Waals surface area contributed by atoms with Gasteiger partial charge in [-0.2, -0.15) is 5.10 Å². The van der Waals surface area contributed by atoms with E-state index in [1.807, 2.05) is 24.5 Å². The molecule has 4 rings (SSSR count). The van der Waals surface area contributed by atoms with Gasteiger partial charge in [0.25, 0.3) is 0 Å². The number of aliphatic carboxylic acids is 1. The van der Waals surface area contributed by atoms with Gasteiger partial charge in [0, 0.05) is 41.2 Å². The third kappa shape index (κ3) is 4.00. The fourth-order valence-electron chi connectivity index (χ4n) is 4.78. The lowest BCUT2D eigenvalue weighted by molar-refractivity contribution is -0.137. The average Bonchev–Trinajstić information content (AvgIpc) is 3.40. The van der Waals surface area contributed by atoms with E-state index in [1.165, 1.54) is 19.4 Å². The maximum atomic E-state index is 16.0. The third-order valence-corrected chi connectivity index (χ3v) is 6.22. The zero-order valence-electron chi connectivity index (χ0n) is 19.2. The number of methoxy groups -OCH3 is 1. The van der Waals surface area contributed by atoms with Crippen LogP contribution in [0.25, 0.3) is 27.5 Å². The number of carbonyl (C=O) groups is 1. The van der Waals surface area contributed by atoms with Crippen molar-refractivity contribution in [3.8, 4) is 11.4 Å². The number of hydrogen-bond donors (Lipinski definition) is 3. The number of H-pyrrole nitrogens is 1. The number of aliphatic hydroxyl groups excluding tert-OH is 1. The normalized spacial score (nSPS) is 12.7. The van der Waals surface area contributed by atoms with Crippen LogP contribution in [0.2, 0.25) is 0 Å². The van der Waals surface area contributed by atoms with Crippen molar-refractivity contribution in [3.63, 3.8) is 0 Å². The number of carboxylic acids is 1. The molecule has 7 nitrogen and oxygen atoms in total. The van der Waals surface area contributed by atoms with Crippen LogP contribution in [0.1, 0.15) is 56.2 Å². The predicted octanol–water partition coefficient (Wildman–Crippen LogP) is 5.25. The molecule has 0 amide bonds. The Morgan fingerprint density at radius 2 is 2.00 bits per heavy atom. The third-order valence-electron chi connectivity index (χ3n) is 6.22. The monoisotopic (exact) mass is 471 g/mol. The Morgan fingerprint density at radius 3 is 2.65 bits per heavy atom. The van der Waals surface area contributed by atoms with Gasteiger partial charge in [-0.1, -0.05) is 13.8 Å². The van der Waals surface area contributed by atoms with Gasteiger partial charge >= 0.3 is 5.97 Å². The number of aromatic amines is 1. The van der Waals surface area contributed by atoms with E-state index in [2.05, 4.69) is 10.2 Å². The Hall–Kier alpha value is -3.46. The van der Waals surface area contributed by atoms with Gasteiger partial charge in [0.15, 0.2) is 17.4 Å². The molecule has 34 heavy (non-hydrogen) atoms. The average molecular weight is 472 g/mol. The smallest absolute Gasteiger partial charge is 0.303 e. The van der Waals surface area contributed by atoms with Crippen LogP contribution >= 0.6 is 0 Å². The maximum absolute atomic E-state index is 16.0. The van der Waals surface area contributed by atoms with E-state index in [-0.39, 0.29) is 43.1 Å². The molecule has 9 heteroatoms. The van der Waals surface area contributed by atoms with Gasteiger partial charge in [0.2, 0.25) is 0 Å². The molecule has 0 unspecified atom stereocenters. The minimum absolute atomic E-state index is 0.0539. The lowest BCUT2D eigenvalue weighted by Crippen LogP contribution is -2.11. The second-order valence-corrected chi connectivity index (χ2v) is 8.67. The molecule has 0 bridgehead atoms. The number of carboxylic acid groups (broad SMARTS) is 1. The summed E-state index contributed by atoms with van der Waals surface area (Å²) in [6.45, 7) is 3.76. The molecule has 0 saturated carbocycles. The van der Waals surface area contributed by atoms with E-state index in [0.29, 0.717) is 27.5 Å². The molecule has 1 atom stereocenters. The standard InChI is InChI=1S/C25H27F2N3O4/c1-13(2)25-21(14(8-9-31)4-7-20(32)33)22-18(10-15-12-28-29-24(15)23(22)27)30(25)16-5-6-17(26)19(11-16)34-3/h5-6,10-14,31H,4,7-9H2,1-3H3,(H,28,29)(H,32,33)/t14-/m0/s1. The highest BCUT2D eigenvalue weighted by atomic mass is 19.1. The van der Waals surface area contributed by atoms with Crippen molar-refractivity contribution in [3.05, 3.63) is 53.4 Å². The van der Waals surface area contributed by atoms with E-state index < -0.39 is 23.5 Å². The van der Waals surface area contributed by atoms with E-state index in [4.69, 9.17) is 4.74 Å². The van der Waals surface area contributed by atoms with Crippen molar-refractivity contribution in [1.29, 1.82) is 0 Å². The molecule has 0 fully saturated rings. The van der Waals surface area contributed by atoms with E-state index >= 15 is 4.39 Å². The highest BCUT2D eigenvalue weighted by Gasteiger charge is 2.30. The van der Waals surface area contributed by atoms with Crippen LogP contribution < -0.4 is 4.74 Å². The first-order valence-corrected chi connectivity index (χ1v) is 11.1. The summed E-state index contributed by atoms with van der Waals surface area (Å²) < 4.78 is 37.3. The van der Waals surface area contributed by atoms with Crippen molar-refractivity contribution in [1.82, 2.24) is 14.8 Å². The minimum atomic E-state index is -0.961. The van der Waals surface area contributed by atoms with Crippen LogP contribution in [-0.4, -0.2) is 44.7 Å². The molecule has 0 spiro atoms. The lowest BCUT2D eigenvalue weighted by atomic mass is 9.86. The Labute approximate surface area is 195 Å². The summed E-state index contributed by atoms with van der Waals surface area (Å²) in [5, 5.41) is 26.7. The molecular formula is C25H27F2N3O4. The highest BCUT2D eigenvalue weighted by molar-refractivity contribution is 5.99. The summed E-state index contributed by atoms with van der Waals surface area (Å²) in [6.07, 6.45) is 1.93. The molecule has 0 aliphatic carbocycles. The Kier molecular flexibility index (Phi) is 6.56. The van der Waals surface area contributed by atoms with Crippen molar-refractivity contribution in [2.45, 2.75) is 44.9 Å². The molecule has 0 aliphatic heterocycles. The summed E-state index contributed by atoms with van der Waals surface area (Å²) in [5.41, 5.74) is 2.81. The molecular weight excluding hydrogens is 444 g/mol. The van der Waals surface area contributed by atoms with Crippen molar-refractivity contribution >= 4 is 27.8 Å². The topological polar surface area (TPSA) is 100 Å². The number of ether oxygens (including phenoxy) is 1. The minimum Gasteiger partial charge on any atom is -0.494 e. The first-order chi connectivity index (χ1) is 16.3. The second kappa shape index (κ2) is 9.42. The molecule has 0 saturated heterocycles. The zero-order valence-corrected chi connectivity index (χ0v) is 19.2. The Morgan fingerprint density at radius 1 is 1.24 bits per heavy atom. The van der Waals surface area contributed by atoms with Crippen LogP contribution in [0.15, 0.2) is 30.5 Å². The number of benzene rings is 2. The SMILES string of the molecule is COc1cc(-n2c(C(C)C)c([C@H](CCO)CCC(=O)O)c3c(F)c4[nH]ncc4cc32)ccc1F. The zero-order chi connectivity index (χ0) is 24.6.